The number of carbonyl (C=O) groups is 2. The molecule has 2 aliphatic rings. The summed E-state index contributed by atoms with van der Waals surface area (Å²) in [7, 11) is 0. The van der Waals surface area contributed by atoms with Gasteiger partial charge in [0.2, 0.25) is 5.91 Å². The molecule has 0 spiro atoms. The van der Waals surface area contributed by atoms with Gasteiger partial charge in [0.25, 0.3) is 0 Å². The maximum absolute atomic E-state index is 13.3. The predicted octanol–water partition coefficient (Wildman–Crippen LogP) is 3.77. The van der Waals surface area contributed by atoms with Crippen LogP contribution in [0.3, 0.4) is 0 Å². The summed E-state index contributed by atoms with van der Waals surface area (Å²) >= 11 is 0. The summed E-state index contributed by atoms with van der Waals surface area (Å²) < 4.78 is 5.36. The number of aryl methyl sites for hydroxylation is 1. The number of ether oxygens (including phenoxy) is 1. The van der Waals surface area contributed by atoms with Crippen molar-refractivity contribution in [1.29, 1.82) is 0 Å². The molecule has 4 rings (SSSR count). The van der Waals surface area contributed by atoms with Crippen LogP contribution in [0, 0.1) is 12.8 Å². The smallest absolute Gasteiger partial charge is 0.249 e. The van der Waals surface area contributed by atoms with Crippen molar-refractivity contribution in [2.75, 3.05) is 26.3 Å². The van der Waals surface area contributed by atoms with Gasteiger partial charge >= 0.3 is 0 Å². The van der Waals surface area contributed by atoms with Gasteiger partial charge in [-0.2, -0.15) is 0 Å². The quantitative estimate of drug-likeness (QED) is 0.765. The summed E-state index contributed by atoms with van der Waals surface area (Å²) in [6.45, 7) is 4.39. The minimum Gasteiger partial charge on any atom is -0.378 e. The zero-order valence-corrected chi connectivity index (χ0v) is 16.1. The Morgan fingerprint density at radius 3 is 2.32 bits per heavy atom. The van der Waals surface area contributed by atoms with E-state index in [9.17, 15) is 9.59 Å². The summed E-state index contributed by atoms with van der Waals surface area (Å²) in [4.78, 5) is 28.2. The Hall–Kier alpha value is -2.72. The molecule has 144 valence electrons. The molecule has 4 heteroatoms. The zero-order chi connectivity index (χ0) is 19.5. The second kappa shape index (κ2) is 8.11. The number of morpholine rings is 1. The van der Waals surface area contributed by atoms with Crippen molar-refractivity contribution in [3.63, 3.8) is 0 Å². The SMILES string of the molecule is Cc1ccc(C(=O)[C@H]2CC(C(=O)N3CCOCC3)=C[C@@H]2c2ccccc2)cc1. The van der Waals surface area contributed by atoms with Crippen LogP contribution in [0.25, 0.3) is 0 Å². The van der Waals surface area contributed by atoms with Crippen LogP contribution < -0.4 is 0 Å². The highest BCUT2D eigenvalue weighted by atomic mass is 16.5. The van der Waals surface area contributed by atoms with E-state index in [2.05, 4.69) is 0 Å². The van der Waals surface area contributed by atoms with Crippen LogP contribution in [-0.2, 0) is 9.53 Å². The van der Waals surface area contributed by atoms with Gasteiger partial charge in [-0.15, -0.1) is 0 Å². The number of ketones is 1. The molecule has 1 aliphatic heterocycles. The fourth-order valence-electron chi connectivity index (χ4n) is 4.08. The number of benzene rings is 2. The molecule has 1 saturated heterocycles. The molecule has 1 amide bonds. The van der Waals surface area contributed by atoms with Gasteiger partial charge in [-0.1, -0.05) is 66.2 Å². The second-order valence-electron chi connectivity index (χ2n) is 7.57. The van der Waals surface area contributed by atoms with Gasteiger partial charge < -0.3 is 9.64 Å². The van der Waals surface area contributed by atoms with E-state index in [0.29, 0.717) is 38.3 Å². The number of Topliss-reactive ketones (excluding diaryl/α,β-unsaturated/α-hetero) is 1. The number of carbonyl (C=O) groups excluding carboxylic acids is 2. The van der Waals surface area contributed by atoms with Crippen molar-refractivity contribution in [2.24, 2.45) is 5.92 Å². The Kier molecular flexibility index (Phi) is 5.40. The van der Waals surface area contributed by atoms with Gasteiger partial charge in [0.1, 0.15) is 0 Å². The first-order chi connectivity index (χ1) is 13.6. The Labute approximate surface area is 165 Å². The molecule has 28 heavy (non-hydrogen) atoms. The first-order valence-electron chi connectivity index (χ1n) is 9.87. The maximum Gasteiger partial charge on any atom is 0.249 e. The average Bonchev–Trinajstić information content (AvgIpc) is 3.20. The van der Waals surface area contributed by atoms with Crippen LogP contribution in [0.2, 0.25) is 0 Å². The van der Waals surface area contributed by atoms with Gasteiger partial charge in [0.05, 0.1) is 13.2 Å². The molecule has 0 N–H and O–H groups in total. The minimum absolute atomic E-state index is 0.0448. The zero-order valence-electron chi connectivity index (χ0n) is 16.1. The highest BCUT2D eigenvalue weighted by Gasteiger charge is 2.37. The number of hydrogen-bond donors (Lipinski definition) is 0. The van der Waals surface area contributed by atoms with E-state index in [1.165, 1.54) is 0 Å². The van der Waals surface area contributed by atoms with Gasteiger partial charge in [0.15, 0.2) is 5.78 Å². The summed E-state index contributed by atoms with van der Waals surface area (Å²) in [6, 6.07) is 17.7. The van der Waals surface area contributed by atoms with Crippen LogP contribution in [0.4, 0.5) is 0 Å². The molecule has 4 nitrogen and oxygen atoms in total. The highest BCUT2D eigenvalue weighted by Crippen LogP contribution is 2.40. The van der Waals surface area contributed by atoms with Crippen molar-refractivity contribution in [1.82, 2.24) is 4.90 Å². The van der Waals surface area contributed by atoms with E-state index in [1.807, 2.05) is 72.5 Å². The molecule has 0 bridgehead atoms. The molecule has 0 radical (unpaired) electrons. The van der Waals surface area contributed by atoms with Crippen molar-refractivity contribution in [3.05, 3.63) is 82.9 Å². The third kappa shape index (κ3) is 3.78. The standard InChI is InChI=1S/C24H25NO3/c1-17-7-9-19(10-8-17)23(26)22-16-20(24(27)25-11-13-28-14-12-25)15-21(22)18-5-3-2-4-6-18/h2-10,15,21-22H,11-14,16H2,1H3/t21-,22+/m1/s1. The molecular formula is C24H25NO3. The van der Waals surface area contributed by atoms with Gasteiger partial charge in [-0.05, 0) is 18.9 Å². The van der Waals surface area contributed by atoms with E-state index < -0.39 is 0 Å². The summed E-state index contributed by atoms with van der Waals surface area (Å²) in [5.41, 5.74) is 3.67. The van der Waals surface area contributed by atoms with E-state index in [-0.39, 0.29) is 23.5 Å². The van der Waals surface area contributed by atoms with Crippen LogP contribution in [-0.4, -0.2) is 42.9 Å². The number of amides is 1. The Morgan fingerprint density at radius 2 is 1.64 bits per heavy atom. The fourth-order valence-corrected chi connectivity index (χ4v) is 4.08. The van der Waals surface area contributed by atoms with Crippen molar-refractivity contribution < 1.29 is 14.3 Å². The molecular weight excluding hydrogens is 350 g/mol. The molecule has 0 aromatic heterocycles. The van der Waals surface area contributed by atoms with Gasteiger partial charge in [0, 0.05) is 36.1 Å². The van der Waals surface area contributed by atoms with E-state index >= 15 is 0 Å². The van der Waals surface area contributed by atoms with E-state index in [4.69, 9.17) is 4.74 Å². The molecule has 2 aromatic carbocycles. The van der Waals surface area contributed by atoms with Crippen LogP contribution in [0.5, 0.6) is 0 Å². The van der Waals surface area contributed by atoms with Crippen molar-refractivity contribution in [2.45, 2.75) is 19.3 Å². The maximum atomic E-state index is 13.3. The van der Waals surface area contributed by atoms with Crippen molar-refractivity contribution >= 4 is 11.7 Å². The van der Waals surface area contributed by atoms with E-state index in [1.54, 1.807) is 0 Å². The number of hydrogen-bond acceptors (Lipinski definition) is 3. The van der Waals surface area contributed by atoms with Crippen LogP contribution >= 0.6 is 0 Å². The third-order valence-electron chi connectivity index (χ3n) is 5.68. The first-order valence-corrected chi connectivity index (χ1v) is 9.87. The molecule has 0 unspecified atom stereocenters. The molecule has 2 aromatic rings. The number of nitrogens with zero attached hydrogens (tertiary/aromatic N) is 1. The molecule has 1 aliphatic carbocycles. The summed E-state index contributed by atoms with van der Waals surface area (Å²) in [6.07, 6.45) is 2.51. The Morgan fingerprint density at radius 1 is 0.964 bits per heavy atom. The summed E-state index contributed by atoms with van der Waals surface area (Å²) in [5, 5.41) is 0. The lowest BCUT2D eigenvalue weighted by Crippen LogP contribution is -2.41. The Bertz CT molecular complexity index is 880. The second-order valence-corrected chi connectivity index (χ2v) is 7.57. The monoisotopic (exact) mass is 375 g/mol. The van der Waals surface area contributed by atoms with Crippen LogP contribution in [0.15, 0.2) is 66.2 Å². The molecule has 1 heterocycles. The lowest BCUT2D eigenvalue weighted by Gasteiger charge is -2.27. The first kappa shape index (κ1) is 18.6. The predicted molar refractivity (Wildman–Crippen MR) is 108 cm³/mol. The fraction of sp³-hybridized carbons (Fsp3) is 0.333. The number of allylic oxidation sites excluding steroid dienone is 1. The van der Waals surface area contributed by atoms with Gasteiger partial charge in [-0.25, -0.2) is 0 Å². The molecule has 1 fully saturated rings. The number of rotatable bonds is 4. The Balaban J connectivity index is 1.62. The largest absolute Gasteiger partial charge is 0.378 e. The highest BCUT2D eigenvalue weighted by molar-refractivity contribution is 6.02. The van der Waals surface area contributed by atoms with E-state index in [0.717, 1.165) is 16.7 Å². The van der Waals surface area contributed by atoms with Crippen LogP contribution in [0.1, 0.15) is 33.8 Å². The van der Waals surface area contributed by atoms with Crippen molar-refractivity contribution in [3.8, 4) is 0 Å². The normalized spacial score (nSPS) is 22.0. The molecule has 0 saturated carbocycles. The lowest BCUT2D eigenvalue weighted by molar-refractivity contribution is -0.131. The summed E-state index contributed by atoms with van der Waals surface area (Å²) in [5.74, 6) is -0.168. The third-order valence-corrected chi connectivity index (χ3v) is 5.68. The average molecular weight is 375 g/mol. The lowest BCUT2D eigenvalue weighted by atomic mass is 9.83. The van der Waals surface area contributed by atoms with Gasteiger partial charge in [-0.3, -0.25) is 9.59 Å². The molecule has 2 atom stereocenters. The topological polar surface area (TPSA) is 46.6 Å². The minimum atomic E-state index is -0.245.